The van der Waals surface area contributed by atoms with Gasteiger partial charge in [0, 0.05) is 17.7 Å². The summed E-state index contributed by atoms with van der Waals surface area (Å²) in [5.74, 6) is -0.959. The SMILES string of the molecule is CCN1C(C(=O)c2ccccc2)=C(OC(=O)COc2ccc(C)cc2)c2ccccc2S1(=O)=O. The lowest BCUT2D eigenvalue weighted by Crippen LogP contribution is -2.38. The zero-order valence-electron chi connectivity index (χ0n) is 18.7. The average molecular weight is 478 g/mol. The first kappa shape index (κ1) is 23.3. The highest BCUT2D eigenvalue weighted by atomic mass is 32.2. The van der Waals surface area contributed by atoms with E-state index in [9.17, 15) is 18.0 Å². The van der Waals surface area contributed by atoms with Crippen LogP contribution in [0.5, 0.6) is 5.75 Å². The van der Waals surface area contributed by atoms with E-state index in [4.69, 9.17) is 9.47 Å². The zero-order chi connectivity index (χ0) is 24.3. The van der Waals surface area contributed by atoms with Crippen LogP contribution in [0.1, 0.15) is 28.4 Å². The molecule has 1 aliphatic rings. The van der Waals surface area contributed by atoms with E-state index in [0.717, 1.165) is 9.87 Å². The average Bonchev–Trinajstić information content (AvgIpc) is 2.85. The van der Waals surface area contributed by atoms with Gasteiger partial charge in [-0.15, -0.1) is 0 Å². The summed E-state index contributed by atoms with van der Waals surface area (Å²) in [6, 6.07) is 21.6. The van der Waals surface area contributed by atoms with E-state index in [-0.39, 0.29) is 34.0 Å². The third kappa shape index (κ3) is 4.45. The topological polar surface area (TPSA) is 90.0 Å². The summed E-state index contributed by atoms with van der Waals surface area (Å²) in [6.07, 6.45) is 0. The minimum atomic E-state index is -4.03. The molecule has 34 heavy (non-hydrogen) atoms. The minimum absolute atomic E-state index is 0.0223. The number of hydrogen-bond acceptors (Lipinski definition) is 6. The van der Waals surface area contributed by atoms with E-state index in [1.165, 1.54) is 12.1 Å². The normalized spacial score (nSPS) is 14.4. The number of likely N-dealkylation sites (N-methyl/N-ethyl adjacent to an activating group) is 1. The zero-order valence-corrected chi connectivity index (χ0v) is 19.5. The van der Waals surface area contributed by atoms with Gasteiger partial charge in [-0.1, -0.05) is 60.2 Å². The van der Waals surface area contributed by atoms with Gasteiger partial charge in [0.15, 0.2) is 12.4 Å². The summed E-state index contributed by atoms with van der Waals surface area (Å²) in [5.41, 5.74) is 1.25. The van der Waals surface area contributed by atoms with Crippen LogP contribution in [-0.4, -0.2) is 37.6 Å². The van der Waals surface area contributed by atoms with E-state index in [1.54, 1.807) is 61.5 Å². The molecule has 1 heterocycles. The fourth-order valence-corrected chi connectivity index (χ4v) is 5.33. The first-order valence-corrected chi connectivity index (χ1v) is 12.1. The van der Waals surface area contributed by atoms with Crippen LogP contribution < -0.4 is 4.74 Å². The van der Waals surface area contributed by atoms with E-state index in [1.807, 2.05) is 19.1 Å². The molecule has 0 spiro atoms. The smallest absolute Gasteiger partial charge is 0.349 e. The van der Waals surface area contributed by atoms with Gasteiger partial charge in [0.1, 0.15) is 11.4 Å². The number of fused-ring (bicyclic) bond motifs is 1. The second kappa shape index (κ2) is 9.52. The van der Waals surface area contributed by atoms with Gasteiger partial charge in [0.2, 0.25) is 5.78 Å². The van der Waals surface area contributed by atoms with Gasteiger partial charge >= 0.3 is 5.97 Å². The molecule has 174 valence electrons. The highest BCUT2D eigenvalue weighted by Crippen LogP contribution is 2.38. The predicted molar refractivity (Wildman–Crippen MR) is 126 cm³/mol. The summed E-state index contributed by atoms with van der Waals surface area (Å²) < 4.78 is 38.8. The summed E-state index contributed by atoms with van der Waals surface area (Å²) in [4.78, 5) is 26.2. The minimum Gasteiger partial charge on any atom is -0.482 e. The fraction of sp³-hybridized carbons (Fsp3) is 0.154. The predicted octanol–water partition coefficient (Wildman–Crippen LogP) is 4.19. The van der Waals surface area contributed by atoms with Crippen molar-refractivity contribution in [2.75, 3.05) is 13.2 Å². The van der Waals surface area contributed by atoms with Crippen molar-refractivity contribution in [2.24, 2.45) is 0 Å². The highest BCUT2D eigenvalue weighted by molar-refractivity contribution is 7.89. The summed E-state index contributed by atoms with van der Waals surface area (Å²) in [6.45, 7) is 3.11. The first-order chi connectivity index (χ1) is 16.3. The molecule has 4 rings (SSSR count). The van der Waals surface area contributed by atoms with Crippen LogP contribution in [0, 0.1) is 6.92 Å². The molecular weight excluding hydrogens is 454 g/mol. The Kier molecular flexibility index (Phi) is 6.51. The van der Waals surface area contributed by atoms with Gasteiger partial charge in [0.05, 0.1) is 4.90 Å². The maximum Gasteiger partial charge on any atom is 0.349 e. The Morgan fingerprint density at radius 2 is 1.53 bits per heavy atom. The highest BCUT2D eigenvalue weighted by Gasteiger charge is 2.41. The number of hydrogen-bond donors (Lipinski definition) is 0. The maximum absolute atomic E-state index is 13.5. The summed E-state index contributed by atoms with van der Waals surface area (Å²) in [7, 11) is -4.03. The number of esters is 1. The van der Waals surface area contributed by atoms with Crippen molar-refractivity contribution < 1.29 is 27.5 Å². The van der Waals surface area contributed by atoms with Crippen LogP contribution in [0.2, 0.25) is 0 Å². The standard InChI is InChI=1S/C26H23NO6S/c1-3-27-24(25(29)19-9-5-4-6-10-19)26(21-11-7-8-12-22(21)34(27,30)31)33-23(28)17-32-20-15-13-18(2)14-16-20/h4-16H,3,17H2,1-2H3. The molecule has 0 amide bonds. The van der Waals surface area contributed by atoms with Crippen molar-refractivity contribution in [3.63, 3.8) is 0 Å². The molecule has 0 radical (unpaired) electrons. The number of sulfonamides is 1. The molecule has 1 aliphatic heterocycles. The Labute approximate surface area is 198 Å². The second-order valence-electron chi connectivity index (χ2n) is 7.61. The molecule has 0 aromatic heterocycles. The molecule has 0 N–H and O–H groups in total. The lowest BCUT2D eigenvalue weighted by molar-refractivity contribution is -0.139. The first-order valence-electron chi connectivity index (χ1n) is 10.7. The molecule has 0 unspecified atom stereocenters. The number of nitrogens with zero attached hydrogens (tertiary/aromatic N) is 1. The molecule has 0 atom stereocenters. The maximum atomic E-state index is 13.5. The fourth-order valence-electron chi connectivity index (χ4n) is 3.65. The van der Waals surface area contributed by atoms with Gasteiger partial charge < -0.3 is 9.47 Å². The van der Waals surface area contributed by atoms with Crippen LogP contribution in [-0.2, 0) is 19.6 Å². The molecule has 0 fully saturated rings. The van der Waals surface area contributed by atoms with Crippen molar-refractivity contribution in [1.82, 2.24) is 4.31 Å². The Morgan fingerprint density at radius 1 is 0.882 bits per heavy atom. The van der Waals surface area contributed by atoms with E-state index < -0.39 is 28.4 Å². The van der Waals surface area contributed by atoms with Gasteiger partial charge in [-0.05, 0) is 38.1 Å². The molecule has 8 heteroatoms. The molecule has 7 nitrogen and oxygen atoms in total. The van der Waals surface area contributed by atoms with Crippen molar-refractivity contribution in [2.45, 2.75) is 18.7 Å². The molecule has 3 aromatic carbocycles. The van der Waals surface area contributed by atoms with Crippen molar-refractivity contribution in [3.8, 4) is 5.75 Å². The molecular formula is C26H23NO6S. The molecule has 0 bridgehead atoms. The summed E-state index contributed by atoms with van der Waals surface area (Å²) >= 11 is 0. The number of rotatable bonds is 7. The Morgan fingerprint density at radius 3 is 2.21 bits per heavy atom. The number of carbonyl (C=O) groups is 2. The Hall–Kier alpha value is -3.91. The van der Waals surface area contributed by atoms with Gasteiger partial charge in [-0.2, -0.15) is 0 Å². The van der Waals surface area contributed by atoms with Crippen molar-refractivity contribution >= 4 is 27.5 Å². The number of aryl methyl sites for hydroxylation is 1. The van der Waals surface area contributed by atoms with Gasteiger partial charge in [-0.25, -0.2) is 13.2 Å². The van der Waals surface area contributed by atoms with Crippen LogP contribution in [0.3, 0.4) is 0 Å². The number of Topliss-reactive ketones (excluding diaryl/α,β-unsaturated/α-hetero) is 1. The Bertz CT molecular complexity index is 1360. The van der Waals surface area contributed by atoms with Crippen LogP contribution in [0.15, 0.2) is 89.5 Å². The number of ether oxygens (including phenoxy) is 2. The molecule has 0 saturated heterocycles. The lowest BCUT2D eigenvalue weighted by atomic mass is 10.0. The molecule has 0 aliphatic carbocycles. The second-order valence-corrected chi connectivity index (χ2v) is 9.45. The van der Waals surface area contributed by atoms with Gasteiger partial charge in [0.25, 0.3) is 10.0 Å². The largest absolute Gasteiger partial charge is 0.482 e. The lowest BCUT2D eigenvalue weighted by Gasteiger charge is -2.32. The van der Waals surface area contributed by atoms with E-state index in [0.29, 0.717) is 5.75 Å². The van der Waals surface area contributed by atoms with Crippen LogP contribution >= 0.6 is 0 Å². The van der Waals surface area contributed by atoms with E-state index in [2.05, 4.69) is 0 Å². The van der Waals surface area contributed by atoms with Crippen LogP contribution in [0.25, 0.3) is 5.76 Å². The Balaban J connectivity index is 1.76. The van der Waals surface area contributed by atoms with Crippen LogP contribution in [0.4, 0.5) is 0 Å². The monoisotopic (exact) mass is 477 g/mol. The van der Waals surface area contributed by atoms with Crippen molar-refractivity contribution in [1.29, 1.82) is 0 Å². The number of benzene rings is 3. The third-order valence-electron chi connectivity index (χ3n) is 5.30. The van der Waals surface area contributed by atoms with E-state index >= 15 is 0 Å². The molecule has 3 aromatic rings. The number of allylic oxidation sites excluding steroid dienone is 1. The van der Waals surface area contributed by atoms with Gasteiger partial charge in [-0.3, -0.25) is 9.10 Å². The van der Waals surface area contributed by atoms with Crippen molar-refractivity contribution in [3.05, 3.63) is 101 Å². The summed E-state index contributed by atoms with van der Waals surface area (Å²) in [5, 5.41) is 0. The quantitative estimate of drug-likeness (QED) is 0.374. The third-order valence-corrected chi connectivity index (χ3v) is 7.23. The number of carbonyl (C=O) groups excluding carboxylic acids is 2. The number of ketones is 1. The molecule has 0 saturated carbocycles.